The number of aryl methyl sites for hydroxylation is 1. The van der Waals surface area contributed by atoms with E-state index in [-0.39, 0.29) is 11.4 Å². The quantitative estimate of drug-likeness (QED) is 0.742. The first-order chi connectivity index (χ1) is 13.0. The second-order valence-electron chi connectivity index (χ2n) is 6.03. The number of rotatable bonds is 3. The van der Waals surface area contributed by atoms with Gasteiger partial charge in [0.2, 0.25) is 5.17 Å². The summed E-state index contributed by atoms with van der Waals surface area (Å²) in [5.41, 5.74) is 1.97. The van der Waals surface area contributed by atoms with E-state index in [0.717, 1.165) is 22.6 Å². The highest BCUT2D eigenvalue weighted by Crippen LogP contribution is 2.31. The van der Waals surface area contributed by atoms with Crippen LogP contribution in [0.15, 0.2) is 50.4 Å². The Morgan fingerprint density at radius 3 is 2.89 bits per heavy atom. The van der Waals surface area contributed by atoms with E-state index in [4.69, 9.17) is 21.4 Å². The van der Waals surface area contributed by atoms with Crippen molar-refractivity contribution in [2.24, 2.45) is 10.1 Å². The highest BCUT2D eigenvalue weighted by molar-refractivity contribution is 8.26. The topological polar surface area (TPSA) is 82.0 Å². The molecule has 3 heterocycles. The van der Waals surface area contributed by atoms with Gasteiger partial charge in [-0.05, 0) is 54.9 Å². The van der Waals surface area contributed by atoms with Gasteiger partial charge in [0.25, 0.3) is 5.91 Å². The number of amidine groups is 2. The van der Waals surface area contributed by atoms with Crippen LogP contribution in [0.1, 0.15) is 24.7 Å². The van der Waals surface area contributed by atoms with Crippen molar-refractivity contribution < 1.29 is 9.21 Å². The van der Waals surface area contributed by atoms with Crippen LogP contribution in [0.25, 0.3) is 17.4 Å². The predicted molar refractivity (Wildman–Crippen MR) is 109 cm³/mol. The van der Waals surface area contributed by atoms with Gasteiger partial charge >= 0.3 is 0 Å². The van der Waals surface area contributed by atoms with Crippen molar-refractivity contribution in [3.63, 3.8) is 0 Å². The molecule has 2 aliphatic rings. The molecule has 1 aromatic heterocycles. The summed E-state index contributed by atoms with van der Waals surface area (Å²) in [6.45, 7) is 3.90. The number of fused-ring (bicyclic) bond motifs is 1. The van der Waals surface area contributed by atoms with E-state index in [0.29, 0.717) is 21.7 Å². The lowest BCUT2D eigenvalue weighted by Crippen LogP contribution is -2.35. The average Bonchev–Trinajstić information content (AvgIpc) is 3.28. The van der Waals surface area contributed by atoms with Crippen LogP contribution in [0.4, 0.5) is 0 Å². The normalized spacial score (nSPS) is 18.0. The maximum Gasteiger partial charge on any atom is 0.283 e. The Labute approximate surface area is 165 Å². The first-order valence-electron chi connectivity index (χ1n) is 8.31. The predicted octanol–water partition coefficient (Wildman–Crippen LogP) is 4.94. The number of thioether (sulfide) groups is 1. The Morgan fingerprint density at radius 1 is 1.33 bits per heavy atom. The summed E-state index contributed by atoms with van der Waals surface area (Å²) < 4.78 is 5.83. The number of hydrogen-bond donors (Lipinski definition) is 1. The van der Waals surface area contributed by atoms with Crippen molar-refractivity contribution in [3.8, 4) is 11.3 Å². The summed E-state index contributed by atoms with van der Waals surface area (Å²) in [6.07, 6.45) is 2.25. The third-order valence-electron chi connectivity index (χ3n) is 4.17. The van der Waals surface area contributed by atoms with Gasteiger partial charge in [0.15, 0.2) is 5.84 Å². The largest absolute Gasteiger partial charge is 0.457 e. The molecule has 0 spiro atoms. The van der Waals surface area contributed by atoms with Gasteiger partial charge in [-0.3, -0.25) is 10.2 Å². The number of nitrogens with zero attached hydrogens (tertiary/aromatic N) is 3. The Hall–Kier alpha value is -2.64. The summed E-state index contributed by atoms with van der Waals surface area (Å²) in [6, 6.07) is 9.22. The Morgan fingerprint density at radius 2 is 2.15 bits per heavy atom. The van der Waals surface area contributed by atoms with E-state index in [9.17, 15) is 4.79 Å². The van der Waals surface area contributed by atoms with Crippen LogP contribution in [0.3, 0.4) is 0 Å². The number of furan rings is 1. The number of hydrogen-bond acceptors (Lipinski definition) is 5. The third kappa shape index (κ3) is 3.24. The fourth-order valence-electron chi connectivity index (χ4n) is 2.65. The molecule has 1 amide bonds. The van der Waals surface area contributed by atoms with Gasteiger partial charge in [-0.1, -0.05) is 30.7 Å². The van der Waals surface area contributed by atoms with Crippen LogP contribution in [0.2, 0.25) is 5.02 Å². The summed E-state index contributed by atoms with van der Waals surface area (Å²) in [7, 11) is 0. The van der Waals surface area contributed by atoms with Crippen LogP contribution in [-0.2, 0) is 4.79 Å². The van der Waals surface area contributed by atoms with E-state index in [2.05, 4.69) is 10.1 Å². The zero-order valence-corrected chi connectivity index (χ0v) is 16.2. The van der Waals surface area contributed by atoms with Gasteiger partial charge in [-0.25, -0.2) is 0 Å². The van der Waals surface area contributed by atoms with E-state index < -0.39 is 5.91 Å². The van der Waals surface area contributed by atoms with Crippen molar-refractivity contribution >= 4 is 51.4 Å². The zero-order chi connectivity index (χ0) is 19.1. The molecule has 27 heavy (non-hydrogen) atoms. The van der Waals surface area contributed by atoms with Crippen molar-refractivity contribution in [2.75, 3.05) is 0 Å². The molecule has 1 aromatic carbocycles. The lowest BCUT2D eigenvalue weighted by molar-refractivity contribution is -0.114. The van der Waals surface area contributed by atoms with Gasteiger partial charge in [0.1, 0.15) is 16.6 Å². The van der Waals surface area contributed by atoms with E-state index in [1.807, 2.05) is 32.0 Å². The number of nitrogens with one attached hydrogen (secondary N) is 1. The second-order valence-corrected chi connectivity index (χ2v) is 7.48. The molecule has 0 atom stereocenters. The maximum absolute atomic E-state index is 12.4. The lowest BCUT2D eigenvalue weighted by atomic mass is 10.1. The minimum absolute atomic E-state index is 0.00252. The lowest BCUT2D eigenvalue weighted by Gasteiger charge is -2.19. The molecule has 6 nitrogen and oxygen atoms in total. The van der Waals surface area contributed by atoms with Gasteiger partial charge in [0, 0.05) is 10.6 Å². The summed E-state index contributed by atoms with van der Waals surface area (Å²) in [5.74, 6) is 0.616. The SMILES string of the molecule is CCC1=NN2C(=N)/C(=C/c3ccc(-c4ccc(C)c(Cl)c4)o3)C(=O)N=C2S1. The first kappa shape index (κ1) is 17.8. The highest BCUT2D eigenvalue weighted by Gasteiger charge is 2.35. The molecule has 2 aromatic rings. The average molecular weight is 399 g/mol. The number of amides is 1. The van der Waals surface area contributed by atoms with Crippen LogP contribution in [0.5, 0.6) is 0 Å². The van der Waals surface area contributed by atoms with E-state index >= 15 is 0 Å². The third-order valence-corrected chi connectivity index (χ3v) is 5.63. The minimum atomic E-state index is -0.470. The number of benzene rings is 1. The van der Waals surface area contributed by atoms with Gasteiger partial charge in [0.05, 0.1) is 5.57 Å². The molecular weight excluding hydrogens is 384 g/mol. The number of halogens is 1. The number of aliphatic imine (C=N–C) groups is 1. The van der Waals surface area contributed by atoms with Crippen molar-refractivity contribution in [1.82, 2.24) is 5.01 Å². The second kappa shape index (κ2) is 6.83. The van der Waals surface area contributed by atoms with Crippen molar-refractivity contribution in [3.05, 3.63) is 52.3 Å². The molecule has 0 fully saturated rings. The maximum atomic E-state index is 12.4. The number of carbonyl (C=O) groups is 1. The Bertz CT molecular complexity index is 1070. The standard InChI is InChI=1S/C19H15ClN4O2S/c1-3-16-23-24-17(21)13(18(25)22-19(24)27-16)9-12-6-7-15(26-12)11-5-4-10(2)14(20)8-11/h4-9,21H,3H2,1-2H3/b13-9-,21-17?. The first-order valence-corrected chi connectivity index (χ1v) is 9.51. The summed E-state index contributed by atoms with van der Waals surface area (Å²) >= 11 is 7.49. The smallest absolute Gasteiger partial charge is 0.283 e. The molecule has 2 aliphatic heterocycles. The molecule has 1 N–H and O–H groups in total. The van der Waals surface area contributed by atoms with Crippen molar-refractivity contribution in [1.29, 1.82) is 5.41 Å². The molecule has 4 rings (SSSR count). The van der Waals surface area contributed by atoms with Crippen LogP contribution >= 0.6 is 23.4 Å². The van der Waals surface area contributed by atoms with Gasteiger partial charge < -0.3 is 4.42 Å². The molecule has 0 bridgehead atoms. The Kier molecular flexibility index (Phi) is 4.49. The monoisotopic (exact) mass is 398 g/mol. The molecule has 8 heteroatoms. The fraction of sp³-hybridized carbons (Fsp3) is 0.158. The van der Waals surface area contributed by atoms with E-state index in [1.165, 1.54) is 22.8 Å². The van der Waals surface area contributed by atoms with Gasteiger partial charge in [-0.2, -0.15) is 15.1 Å². The van der Waals surface area contributed by atoms with Crippen LogP contribution < -0.4 is 0 Å². The fourth-order valence-corrected chi connectivity index (χ4v) is 3.65. The summed E-state index contributed by atoms with van der Waals surface area (Å²) in [5, 5.41) is 15.9. The molecule has 0 aliphatic carbocycles. The minimum Gasteiger partial charge on any atom is -0.457 e. The highest BCUT2D eigenvalue weighted by atomic mass is 35.5. The number of hydrazone groups is 1. The zero-order valence-electron chi connectivity index (χ0n) is 14.6. The summed E-state index contributed by atoms with van der Waals surface area (Å²) in [4.78, 5) is 16.4. The molecule has 0 radical (unpaired) electrons. The van der Waals surface area contributed by atoms with Crippen molar-refractivity contribution in [2.45, 2.75) is 20.3 Å². The molecular formula is C19H15ClN4O2S. The molecule has 0 saturated heterocycles. The Balaban J connectivity index is 1.65. The molecule has 0 saturated carbocycles. The number of carbonyl (C=O) groups excluding carboxylic acids is 1. The van der Waals surface area contributed by atoms with Crippen LogP contribution in [0, 0.1) is 12.3 Å². The molecule has 0 unspecified atom stereocenters. The van der Waals surface area contributed by atoms with Gasteiger partial charge in [-0.15, -0.1) is 0 Å². The van der Waals surface area contributed by atoms with Crippen LogP contribution in [-0.4, -0.2) is 27.0 Å². The van der Waals surface area contributed by atoms with E-state index in [1.54, 1.807) is 12.1 Å². The molecule has 136 valence electrons.